The Labute approximate surface area is 91.3 Å². The first-order valence-electron chi connectivity index (χ1n) is 5.31. The van der Waals surface area contributed by atoms with Gasteiger partial charge in [0.25, 0.3) is 0 Å². The molecule has 0 saturated heterocycles. The maximum absolute atomic E-state index is 6.29. The first kappa shape index (κ1) is 10.0. The maximum Gasteiger partial charge on any atom is 0.0446 e. The van der Waals surface area contributed by atoms with Gasteiger partial charge in [0.05, 0.1) is 0 Å². The van der Waals surface area contributed by atoms with Crippen LogP contribution in [0.15, 0.2) is 12.1 Å². The van der Waals surface area contributed by atoms with Crippen molar-refractivity contribution in [3.8, 4) is 0 Å². The lowest BCUT2D eigenvalue weighted by Gasteiger charge is -2.24. The number of rotatable bonds is 0. The van der Waals surface area contributed by atoms with Gasteiger partial charge in [-0.2, -0.15) is 0 Å². The van der Waals surface area contributed by atoms with Gasteiger partial charge in [-0.05, 0) is 47.4 Å². The van der Waals surface area contributed by atoms with Crippen molar-refractivity contribution in [2.45, 2.75) is 45.4 Å². The molecule has 1 heteroatoms. The second-order valence-corrected chi connectivity index (χ2v) is 5.57. The van der Waals surface area contributed by atoms with E-state index in [1.807, 2.05) is 0 Å². The maximum atomic E-state index is 6.29. The number of fused-ring (bicyclic) bond motifs is 1. The van der Waals surface area contributed by atoms with Gasteiger partial charge in [0.15, 0.2) is 0 Å². The highest BCUT2D eigenvalue weighted by Crippen LogP contribution is 2.37. The molecular formula is C13H17Cl. The Hall–Kier alpha value is -0.490. The molecule has 0 amide bonds. The van der Waals surface area contributed by atoms with Crippen molar-refractivity contribution in [3.63, 3.8) is 0 Å². The molecule has 0 heterocycles. The molecule has 1 aliphatic rings. The van der Waals surface area contributed by atoms with Crippen LogP contribution in [0.2, 0.25) is 5.02 Å². The smallest absolute Gasteiger partial charge is 0.0446 e. The third-order valence-corrected chi connectivity index (χ3v) is 3.30. The van der Waals surface area contributed by atoms with Crippen molar-refractivity contribution in [1.82, 2.24) is 0 Å². The van der Waals surface area contributed by atoms with Crippen LogP contribution in [0.5, 0.6) is 0 Å². The zero-order valence-electron chi connectivity index (χ0n) is 9.15. The van der Waals surface area contributed by atoms with E-state index in [9.17, 15) is 0 Å². The molecule has 0 spiro atoms. The van der Waals surface area contributed by atoms with Crippen LogP contribution in [0, 0.1) is 0 Å². The average molecular weight is 209 g/mol. The summed E-state index contributed by atoms with van der Waals surface area (Å²) in [4.78, 5) is 0. The number of halogens is 1. The SMILES string of the molecule is CC(C)(C)c1c(Cl)ccc2c1CCC2. The Morgan fingerprint density at radius 1 is 1.14 bits per heavy atom. The first-order valence-corrected chi connectivity index (χ1v) is 5.68. The summed E-state index contributed by atoms with van der Waals surface area (Å²) < 4.78 is 0. The molecule has 0 aromatic heterocycles. The summed E-state index contributed by atoms with van der Waals surface area (Å²) in [5.41, 5.74) is 4.57. The monoisotopic (exact) mass is 208 g/mol. The van der Waals surface area contributed by atoms with Gasteiger partial charge in [-0.15, -0.1) is 0 Å². The zero-order chi connectivity index (χ0) is 10.3. The van der Waals surface area contributed by atoms with E-state index >= 15 is 0 Å². The van der Waals surface area contributed by atoms with Crippen LogP contribution >= 0.6 is 11.6 Å². The Kier molecular flexibility index (Phi) is 2.35. The molecule has 0 radical (unpaired) electrons. The molecule has 0 bridgehead atoms. The Morgan fingerprint density at radius 3 is 2.50 bits per heavy atom. The van der Waals surface area contributed by atoms with Gasteiger partial charge in [0, 0.05) is 5.02 Å². The lowest BCUT2D eigenvalue weighted by atomic mass is 9.82. The van der Waals surface area contributed by atoms with Gasteiger partial charge in [-0.25, -0.2) is 0 Å². The van der Waals surface area contributed by atoms with Crippen molar-refractivity contribution in [1.29, 1.82) is 0 Å². The minimum absolute atomic E-state index is 0.173. The minimum Gasteiger partial charge on any atom is -0.0840 e. The summed E-state index contributed by atoms with van der Waals surface area (Å²) in [5.74, 6) is 0. The summed E-state index contributed by atoms with van der Waals surface area (Å²) in [5, 5.41) is 0.943. The van der Waals surface area contributed by atoms with Crippen molar-refractivity contribution in [2.24, 2.45) is 0 Å². The van der Waals surface area contributed by atoms with Gasteiger partial charge < -0.3 is 0 Å². The second-order valence-electron chi connectivity index (χ2n) is 5.16. The number of benzene rings is 1. The van der Waals surface area contributed by atoms with E-state index in [1.54, 1.807) is 0 Å². The molecule has 1 aromatic carbocycles. The van der Waals surface area contributed by atoms with Crippen LogP contribution in [0.1, 0.15) is 43.9 Å². The summed E-state index contributed by atoms with van der Waals surface area (Å²) in [6.45, 7) is 6.73. The van der Waals surface area contributed by atoms with Gasteiger partial charge in [0.2, 0.25) is 0 Å². The topological polar surface area (TPSA) is 0 Å². The molecule has 1 aromatic rings. The van der Waals surface area contributed by atoms with Crippen LogP contribution in [-0.4, -0.2) is 0 Å². The van der Waals surface area contributed by atoms with E-state index in [0.717, 1.165) is 5.02 Å². The fraction of sp³-hybridized carbons (Fsp3) is 0.538. The standard InChI is InChI=1S/C13H17Cl/c1-13(2,3)12-10-6-4-5-9(10)7-8-11(12)14/h7-8H,4-6H2,1-3H3. The van der Waals surface area contributed by atoms with E-state index in [0.29, 0.717) is 0 Å². The molecule has 0 atom stereocenters. The largest absolute Gasteiger partial charge is 0.0840 e. The molecule has 76 valence electrons. The van der Waals surface area contributed by atoms with E-state index in [4.69, 9.17) is 11.6 Å². The third kappa shape index (κ3) is 1.56. The Morgan fingerprint density at radius 2 is 1.86 bits per heavy atom. The molecule has 14 heavy (non-hydrogen) atoms. The quantitative estimate of drug-likeness (QED) is 0.602. The normalized spacial score (nSPS) is 15.7. The predicted octanol–water partition coefficient (Wildman–Crippen LogP) is 4.13. The molecule has 2 rings (SSSR count). The molecule has 0 aliphatic heterocycles. The number of hydrogen-bond acceptors (Lipinski definition) is 0. The highest BCUT2D eigenvalue weighted by atomic mass is 35.5. The zero-order valence-corrected chi connectivity index (χ0v) is 9.91. The summed E-state index contributed by atoms with van der Waals surface area (Å²) >= 11 is 6.29. The molecule has 0 nitrogen and oxygen atoms in total. The van der Waals surface area contributed by atoms with Crippen LogP contribution in [0.4, 0.5) is 0 Å². The third-order valence-electron chi connectivity index (χ3n) is 2.98. The van der Waals surface area contributed by atoms with Crippen LogP contribution in [0.3, 0.4) is 0 Å². The van der Waals surface area contributed by atoms with Gasteiger partial charge in [-0.1, -0.05) is 38.4 Å². The summed E-state index contributed by atoms with van der Waals surface area (Å²) in [6.07, 6.45) is 3.73. The number of hydrogen-bond donors (Lipinski definition) is 0. The lowest BCUT2D eigenvalue weighted by Crippen LogP contribution is -2.15. The minimum atomic E-state index is 0.173. The Bertz CT molecular complexity index is 358. The van der Waals surface area contributed by atoms with E-state index in [-0.39, 0.29) is 5.41 Å². The molecule has 1 aliphatic carbocycles. The van der Waals surface area contributed by atoms with Crippen LogP contribution in [-0.2, 0) is 18.3 Å². The number of aryl methyl sites for hydroxylation is 1. The second kappa shape index (κ2) is 3.27. The van der Waals surface area contributed by atoms with Crippen molar-refractivity contribution in [2.75, 3.05) is 0 Å². The fourth-order valence-corrected chi connectivity index (χ4v) is 2.91. The molecular weight excluding hydrogens is 192 g/mol. The first-order chi connectivity index (χ1) is 6.50. The summed E-state index contributed by atoms with van der Waals surface area (Å²) in [6, 6.07) is 4.26. The highest BCUT2D eigenvalue weighted by molar-refractivity contribution is 6.31. The van der Waals surface area contributed by atoms with E-state index in [1.165, 1.54) is 36.0 Å². The van der Waals surface area contributed by atoms with Crippen molar-refractivity contribution < 1.29 is 0 Å². The Balaban J connectivity index is 2.63. The summed E-state index contributed by atoms with van der Waals surface area (Å²) in [7, 11) is 0. The van der Waals surface area contributed by atoms with Gasteiger partial charge in [-0.3, -0.25) is 0 Å². The van der Waals surface area contributed by atoms with E-state index in [2.05, 4.69) is 32.9 Å². The van der Waals surface area contributed by atoms with Crippen LogP contribution < -0.4 is 0 Å². The average Bonchev–Trinajstić information content (AvgIpc) is 2.48. The lowest BCUT2D eigenvalue weighted by molar-refractivity contribution is 0.584. The predicted molar refractivity (Wildman–Crippen MR) is 62.2 cm³/mol. The highest BCUT2D eigenvalue weighted by Gasteiger charge is 2.25. The van der Waals surface area contributed by atoms with Crippen LogP contribution in [0.25, 0.3) is 0 Å². The molecule has 0 unspecified atom stereocenters. The molecule has 0 fully saturated rings. The van der Waals surface area contributed by atoms with Gasteiger partial charge in [0.1, 0.15) is 0 Å². The van der Waals surface area contributed by atoms with E-state index < -0.39 is 0 Å². The van der Waals surface area contributed by atoms with Crippen molar-refractivity contribution in [3.05, 3.63) is 33.8 Å². The van der Waals surface area contributed by atoms with Crippen molar-refractivity contribution >= 4 is 11.6 Å². The molecule has 0 saturated carbocycles. The molecule has 0 N–H and O–H groups in total. The van der Waals surface area contributed by atoms with Gasteiger partial charge >= 0.3 is 0 Å². The fourth-order valence-electron chi connectivity index (χ4n) is 2.45.